The highest BCUT2D eigenvalue weighted by Gasteiger charge is 2.14. The van der Waals surface area contributed by atoms with Gasteiger partial charge in [0.2, 0.25) is 0 Å². The summed E-state index contributed by atoms with van der Waals surface area (Å²) in [7, 11) is 0. The number of benzene rings is 2. The quantitative estimate of drug-likeness (QED) is 0.385. The largest absolute Gasteiger partial charge is 0.396 e. The summed E-state index contributed by atoms with van der Waals surface area (Å²) >= 11 is 1.60. The number of para-hydroxylation sites is 1. The smallest absolute Gasteiger partial charge is 0.266 e. The van der Waals surface area contributed by atoms with Gasteiger partial charge in [0.1, 0.15) is 0 Å². The van der Waals surface area contributed by atoms with Crippen molar-refractivity contribution in [3.05, 3.63) is 63.9 Å². The summed E-state index contributed by atoms with van der Waals surface area (Å²) in [6, 6.07) is 13.6. The highest BCUT2D eigenvalue weighted by molar-refractivity contribution is 7.99. The standard InChI is InChI=1S/C21H24N2O2S/c1-15-10-11-19(16(2)14-15)23-20(25)17-8-4-5-9-18(17)22-21(23)26-13-7-3-6-12-24/h4-5,8-11,14,24H,3,6-7,12-13H2,1-2H3. The number of aryl methyl sites for hydroxylation is 2. The van der Waals surface area contributed by atoms with Crippen molar-refractivity contribution in [3.8, 4) is 5.69 Å². The average molecular weight is 369 g/mol. The van der Waals surface area contributed by atoms with Crippen molar-refractivity contribution < 1.29 is 5.11 Å². The fourth-order valence-electron chi connectivity index (χ4n) is 3.03. The fourth-order valence-corrected chi connectivity index (χ4v) is 4.04. The highest BCUT2D eigenvalue weighted by Crippen LogP contribution is 2.24. The third kappa shape index (κ3) is 4.00. The molecule has 0 atom stereocenters. The van der Waals surface area contributed by atoms with Crippen molar-refractivity contribution in [2.45, 2.75) is 38.3 Å². The van der Waals surface area contributed by atoms with E-state index in [1.54, 1.807) is 16.3 Å². The molecule has 1 aromatic heterocycles. The molecule has 0 aliphatic rings. The van der Waals surface area contributed by atoms with Gasteiger partial charge in [-0.1, -0.05) is 48.0 Å². The molecule has 136 valence electrons. The van der Waals surface area contributed by atoms with Crippen molar-refractivity contribution >= 4 is 22.7 Å². The van der Waals surface area contributed by atoms with E-state index in [0.717, 1.165) is 46.9 Å². The number of fused-ring (bicyclic) bond motifs is 1. The third-order valence-corrected chi connectivity index (χ3v) is 5.40. The zero-order valence-corrected chi connectivity index (χ0v) is 16.1. The fraction of sp³-hybridized carbons (Fsp3) is 0.333. The molecule has 26 heavy (non-hydrogen) atoms. The first-order valence-electron chi connectivity index (χ1n) is 8.95. The van der Waals surface area contributed by atoms with Crippen molar-refractivity contribution in [3.63, 3.8) is 0 Å². The molecule has 0 saturated carbocycles. The Morgan fingerprint density at radius 1 is 1.08 bits per heavy atom. The second-order valence-electron chi connectivity index (χ2n) is 6.47. The van der Waals surface area contributed by atoms with E-state index in [9.17, 15) is 4.79 Å². The predicted octanol–water partition coefficient (Wildman–Crippen LogP) is 4.26. The van der Waals surface area contributed by atoms with E-state index in [1.807, 2.05) is 43.3 Å². The van der Waals surface area contributed by atoms with Crippen molar-refractivity contribution in [1.82, 2.24) is 9.55 Å². The van der Waals surface area contributed by atoms with Gasteiger partial charge < -0.3 is 5.11 Å². The Morgan fingerprint density at radius 3 is 2.65 bits per heavy atom. The molecule has 0 unspecified atom stereocenters. The molecule has 0 fully saturated rings. The number of aliphatic hydroxyl groups is 1. The summed E-state index contributed by atoms with van der Waals surface area (Å²) < 4.78 is 1.74. The molecule has 0 aliphatic carbocycles. The first kappa shape index (κ1) is 18.7. The number of aromatic nitrogens is 2. The first-order valence-corrected chi connectivity index (χ1v) is 9.93. The second kappa shape index (κ2) is 8.52. The number of rotatable bonds is 7. The predicted molar refractivity (Wildman–Crippen MR) is 108 cm³/mol. The van der Waals surface area contributed by atoms with Gasteiger partial charge in [-0.25, -0.2) is 4.98 Å². The van der Waals surface area contributed by atoms with Gasteiger partial charge >= 0.3 is 0 Å². The van der Waals surface area contributed by atoms with E-state index in [4.69, 9.17) is 10.1 Å². The van der Waals surface area contributed by atoms with Crippen LogP contribution in [-0.4, -0.2) is 27.0 Å². The average Bonchev–Trinajstić information content (AvgIpc) is 2.63. The van der Waals surface area contributed by atoms with Crippen LogP contribution >= 0.6 is 11.8 Å². The molecule has 5 heteroatoms. The van der Waals surface area contributed by atoms with Crippen LogP contribution < -0.4 is 5.56 Å². The molecule has 1 heterocycles. The van der Waals surface area contributed by atoms with Gasteiger partial charge in [0.25, 0.3) is 5.56 Å². The molecule has 2 aromatic carbocycles. The minimum atomic E-state index is -0.0274. The molecule has 0 spiro atoms. The number of hydrogen-bond acceptors (Lipinski definition) is 4. The van der Waals surface area contributed by atoms with E-state index in [0.29, 0.717) is 5.39 Å². The lowest BCUT2D eigenvalue weighted by Crippen LogP contribution is -2.22. The molecule has 0 saturated heterocycles. The topological polar surface area (TPSA) is 55.1 Å². The maximum atomic E-state index is 13.2. The summed E-state index contributed by atoms with van der Waals surface area (Å²) in [5.74, 6) is 0.871. The summed E-state index contributed by atoms with van der Waals surface area (Å²) in [4.78, 5) is 18.0. The second-order valence-corrected chi connectivity index (χ2v) is 7.54. The van der Waals surface area contributed by atoms with E-state index in [1.165, 1.54) is 5.56 Å². The molecule has 0 amide bonds. The van der Waals surface area contributed by atoms with Gasteiger partial charge in [0.05, 0.1) is 16.6 Å². The van der Waals surface area contributed by atoms with Crippen molar-refractivity contribution in [1.29, 1.82) is 0 Å². The van der Waals surface area contributed by atoms with Crippen LogP contribution in [0, 0.1) is 13.8 Å². The van der Waals surface area contributed by atoms with E-state index in [2.05, 4.69) is 13.0 Å². The third-order valence-electron chi connectivity index (χ3n) is 4.37. The monoisotopic (exact) mass is 368 g/mol. The van der Waals surface area contributed by atoms with Crippen LogP contribution in [0.2, 0.25) is 0 Å². The van der Waals surface area contributed by atoms with Crippen LogP contribution in [-0.2, 0) is 0 Å². The number of hydrogen-bond donors (Lipinski definition) is 1. The Kier molecular flexibility index (Phi) is 6.12. The Hall–Kier alpha value is -2.11. The lowest BCUT2D eigenvalue weighted by molar-refractivity contribution is 0.284. The molecular formula is C21H24N2O2S. The molecule has 1 N–H and O–H groups in total. The van der Waals surface area contributed by atoms with E-state index in [-0.39, 0.29) is 12.2 Å². The Balaban J connectivity index is 2.07. The minimum Gasteiger partial charge on any atom is -0.396 e. The molecule has 0 aliphatic heterocycles. The Morgan fingerprint density at radius 2 is 1.88 bits per heavy atom. The molecule has 3 rings (SSSR count). The Bertz CT molecular complexity index is 966. The van der Waals surface area contributed by atoms with Crippen LogP contribution in [0.1, 0.15) is 30.4 Å². The maximum Gasteiger partial charge on any atom is 0.266 e. The highest BCUT2D eigenvalue weighted by atomic mass is 32.2. The molecule has 0 radical (unpaired) electrons. The summed E-state index contributed by atoms with van der Waals surface area (Å²) in [6.45, 7) is 4.31. The SMILES string of the molecule is Cc1ccc(-n2c(SCCCCCO)nc3ccccc3c2=O)c(C)c1. The molecule has 4 nitrogen and oxygen atoms in total. The van der Waals surface area contributed by atoms with Gasteiger partial charge in [-0.2, -0.15) is 0 Å². The Labute approximate surface area is 157 Å². The first-order chi connectivity index (χ1) is 12.6. The summed E-state index contributed by atoms with van der Waals surface area (Å²) in [5.41, 5.74) is 3.83. The van der Waals surface area contributed by atoms with E-state index < -0.39 is 0 Å². The molecular weight excluding hydrogens is 344 g/mol. The molecule has 3 aromatic rings. The number of unbranched alkanes of at least 4 members (excludes halogenated alkanes) is 2. The van der Waals surface area contributed by atoms with Crippen molar-refractivity contribution in [2.24, 2.45) is 0 Å². The minimum absolute atomic E-state index is 0.0274. The van der Waals surface area contributed by atoms with Crippen LogP contribution in [0.25, 0.3) is 16.6 Å². The van der Waals surface area contributed by atoms with Gasteiger partial charge in [-0.15, -0.1) is 0 Å². The lowest BCUT2D eigenvalue weighted by Gasteiger charge is -2.15. The molecule has 0 bridgehead atoms. The zero-order valence-electron chi connectivity index (χ0n) is 15.2. The van der Waals surface area contributed by atoms with Crippen LogP contribution in [0.15, 0.2) is 52.4 Å². The van der Waals surface area contributed by atoms with Crippen LogP contribution in [0.4, 0.5) is 0 Å². The zero-order chi connectivity index (χ0) is 18.5. The van der Waals surface area contributed by atoms with Gasteiger partial charge in [-0.3, -0.25) is 9.36 Å². The number of nitrogens with zero attached hydrogens (tertiary/aromatic N) is 2. The van der Waals surface area contributed by atoms with Crippen LogP contribution in [0.5, 0.6) is 0 Å². The normalized spacial score (nSPS) is 11.2. The summed E-state index contributed by atoms with van der Waals surface area (Å²) in [6.07, 6.45) is 2.78. The number of thioether (sulfide) groups is 1. The van der Waals surface area contributed by atoms with Gasteiger partial charge in [0, 0.05) is 12.4 Å². The van der Waals surface area contributed by atoms with E-state index >= 15 is 0 Å². The van der Waals surface area contributed by atoms with Crippen LogP contribution in [0.3, 0.4) is 0 Å². The number of aliphatic hydroxyl groups excluding tert-OH is 1. The maximum absolute atomic E-state index is 13.2. The van der Waals surface area contributed by atoms with Gasteiger partial charge in [-0.05, 0) is 50.5 Å². The van der Waals surface area contributed by atoms with Crippen molar-refractivity contribution in [2.75, 3.05) is 12.4 Å². The van der Waals surface area contributed by atoms with Gasteiger partial charge in [0.15, 0.2) is 5.16 Å². The lowest BCUT2D eigenvalue weighted by atomic mass is 10.1. The summed E-state index contributed by atoms with van der Waals surface area (Å²) in [5, 5.41) is 10.3.